The van der Waals surface area contributed by atoms with Gasteiger partial charge in [0.1, 0.15) is 23.0 Å². The molecule has 0 aliphatic heterocycles. The Morgan fingerprint density at radius 1 is 1.31 bits per heavy atom. The van der Waals surface area contributed by atoms with Crippen LogP contribution in [0.5, 0.6) is 5.75 Å². The molecule has 0 bridgehead atoms. The van der Waals surface area contributed by atoms with E-state index in [9.17, 15) is 9.59 Å². The van der Waals surface area contributed by atoms with E-state index in [1.807, 2.05) is 52.0 Å². The van der Waals surface area contributed by atoms with E-state index in [1.54, 1.807) is 0 Å². The second-order valence-electron chi connectivity index (χ2n) is 6.83. The summed E-state index contributed by atoms with van der Waals surface area (Å²) < 4.78 is 5.69. The zero-order chi connectivity index (χ0) is 21.0. The third-order valence-corrected chi connectivity index (χ3v) is 6.94. The van der Waals surface area contributed by atoms with E-state index in [0.29, 0.717) is 30.1 Å². The van der Waals surface area contributed by atoms with Crippen molar-refractivity contribution in [2.75, 3.05) is 13.2 Å². The van der Waals surface area contributed by atoms with Gasteiger partial charge in [-0.3, -0.25) is 9.59 Å². The number of hydrogen-bond acceptors (Lipinski definition) is 6. The van der Waals surface area contributed by atoms with Crippen LogP contribution in [0.25, 0.3) is 10.2 Å². The minimum Gasteiger partial charge on any atom is -0.491 e. The van der Waals surface area contributed by atoms with E-state index < -0.39 is 0 Å². The highest BCUT2D eigenvalue weighted by Crippen LogP contribution is 2.26. The third kappa shape index (κ3) is 5.19. The van der Waals surface area contributed by atoms with Gasteiger partial charge in [-0.15, -0.1) is 23.1 Å². The van der Waals surface area contributed by atoms with Gasteiger partial charge in [-0.05, 0) is 44.9 Å². The van der Waals surface area contributed by atoms with Gasteiger partial charge in [0.05, 0.1) is 22.9 Å². The summed E-state index contributed by atoms with van der Waals surface area (Å²) >= 11 is 2.97. The number of aromatic amines is 1. The molecule has 154 valence electrons. The van der Waals surface area contributed by atoms with Gasteiger partial charge in [-0.1, -0.05) is 18.2 Å². The van der Waals surface area contributed by atoms with E-state index in [4.69, 9.17) is 4.74 Å². The highest BCUT2D eigenvalue weighted by atomic mass is 32.2. The van der Waals surface area contributed by atoms with Crippen LogP contribution in [0, 0.1) is 20.8 Å². The maximum Gasteiger partial charge on any atom is 0.259 e. The Morgan fingerprint density at radius 2 is 2.07 bits per heavy atom. The normalized spacial score (nSPS) is 12.1. The largest absolute Gasteiger partial charge is 0.491 e. The summed E-state index contributed by atoms with van der Waals surface area (Å²) in [5.74, 6) is 1.83. The number of H-pyrrole nitrogens is 1. The summed E-state index contributed by atoms with van der Waals surface area (Å²) in [4.78, 5) is 33.9. The van der Waals surface area contributed by atoms with Crippen LogP contribution in [0.4, 0.5) is 0 Å². The van der Waals surface area contributed by atoms with Crippen molar-refractivity contribution in [3.8, 4) is 5.75 Å². The minimum atomic E-state index is -0.263. The van der Waals surface area contributed by atoms with Gasteiger partial charge in [0.25, 0.3) is 5.56 Å². The van der Waals surface area contributed by atoms with E-state index in [-0.39, 0.29) is 16.7 Å². The lowest BCUT2D eigenvalue weighted by Gasteiger charge is -2.13. The number of fused-ring (bicyclic) bond motifs is 1. The van der Waals surface area contributed by atoms with Gasteiger partial charge < -0.3 is 15.0 Å². The van der Waals surface area contributed by atoms with Gasteiger partial charge in [0.2, 0.25) is 5.91 Å². The zero-order valence-electron chi connectivity index (χ0n) is 17.0. The molecule has 2 heterocycles. The van der Waals surface area contributed by atoms with Gasteiger partial charge >= 0.3 is 0 Å². The maximum atomic E-state index is 12.3. The lowest BCUT2D eigenvalue weighted by molar-refractivity contribution is -0.120. The van der Waals surface area contributed by atoms with Crippen molar-refractivity contribution in [2.45, 2.75) is 38.7 Å². The second kappa shape index (κ2) is 9.45. The predicted octanol–water partition coefficient (Wildman–Crippen LogP) is 3.73. The molecule has 0 fully saturated rings. The van der Waals surface area contributed by atoms with Crippen LogP contribution in [0.3, 0.4) is 0 Å². The van der Waals surface area contributed by atoms with Gasteiger partial charge in [0, 0.05) is 4.88 Å². The number of carbonyl (C=O) groups excluding carboxylic acids is 1. The van der Waals surface area contributed by atoms with E-state index >= 15 is 0 Å². The van der Waals surface area contributed by atoms with Crippen LogP contribution in [0.2, 0.25) is 0 Å². The molecule has 1 aromatic carbocycles. The van der Waals surface area contributed by atoms with Crippen molar-refractivity contribution >= 4 is 39.2 Å². The van der Waals surface area contributed by atoms with Crippen LogP contribution in [-0.4, -0.2) is 34.3 Å². The molecule has 0 saturated heterocycles. The fraction of sp³-hybridized carbons (Fsp3) is 0.381. The monoisotopic (exact) mass is 431 g/mol. The molecule has 2 aromatic heterocycles. The number of benzene rings is 1. The van der Waals surface area contributed by atoms with Gasteiger partial charge in [-0.2, -0.15) is 0 Å². The first-order chi connectivity index (χ1) is 13.9. The van der Waals surface area contributed by atoms with Crippen molar-refractivity contribution in [1.29, 1.82) is 0 Å². The van der Waals surface area contributed by atoms with Crippen molar-refractivity contribution < 1.29 is 9.53 Å². The highest BCUT2D eigenvalue weighted by molar-refractivity contribution is 7.99. The van der Waals surface area contributed by atoms with Crippen LogP contribution in [0.1, 0.15) is 28.8 Å². The number of nitrogens with one attached hydrogen (secondary N) is 2. The molecule has 0 aliphatic rings. The lowest BCUT2D eigenvalue weighted by atomic mass is 10.2. The number of aryl methyl sites for hydroxylation is 3. The average molecular weight is 432 g/mol. The molecular formula is C21H25N3O3S2. The number of para-hydroxylation sites is 1. The first-order valence-corrected chi connectivity index (χ1v) is 11.3. The predicted molar refractivity (Wildman–Crippen MR) is 120 cm³/mol. The number of aromatic nitrogens is 2. The average Bonchev–Trinajstić information content (AvgIpc) is 2.98. The van der Waals surface area contributed by atoms with E-state index in [0.717, 1.165) is 26.6 Å². The number of carbonyl (C=O) groups is 1. The molecule has 0 aliphatic carbocycles. The van der Waals surface area contributed by atoms with Crippen molar-refractivity contribution in [3.05, 3.63) is 56.4 Å². The Bertz CT molecular complexity index is 1070. The molecule has 0 radical (unpaired) electrons. The molecule has 2 N–H and O–H groups in total. The molecule has 1 atom stereocenters. The summed E-state index contributed by atoms with van der Waals surface area (Å²) in [7, 11) is 0. The standard InChI is InChI=1S/C21H25N3O3S2/c1-12-7-5-6-8-16(12)27-10-9-22-19(25)15(4)28-11-17-23-20(26)18-13(2)14(3)29-21(18)24-17/h5-8,15H,9-11H2,1-4H3,(H,22,25)(H,23,24,26). The summed E-state index contributed by atoms with van der Waals surface area (Å²) in [5.41, 5.74) is 1.94. The summed E-state index contributed by atoms with van der Waals surface area (Å²) in [6, 6.07) is 7.79. The van der Waals surface area contributed by atoms with Crippen LogP contribution >= 0.6 is 23.1 Å². The fourth-order valence-corrected chi connectivity index (χ4v) is 4.67. The molecule has 8 heteroatoms. The number of nitrogens with zero attached hydrogens (tertiary/aromatic N) is 1. The fourth-order valence-electron chi connectivity index (χ4n) is 2.84. The molecule has 3 aromatic rings. The summed E-state index contributed by atoms with van der Waals surface area (Å²) in [5, 5.41) is 3.29. The first kappa shape index (κ1) is 21.4. The molecule has 3 rings (SSSR count). The Kier molecular flexibility index (Phi) is 6.97. The van der Waals surface area contributed by atoms with Crippen LogP contribution in [-0.2, 0) is 10.5 Å². The number of amides is 1. The Morgan fingerprint density at radius 3 is 2.83 bits per heavy atom. The van der Waals surface area contributed by atoms with E-state index in [2.05, 4.69) is 15.3 Å². The third-order valence-electron chi connectivity index (χ3n) is 4.68. The van der Waals surface area contributed by atoms with Crippen molar-refractivity contribution in [3.63, 3.8) is 0 Å². The number of thiophene rings is 1. The molecule has 6 nitrogen and oxygen atoms in total. The highest BCUT2D eigenvalue weighted by Gasteiger charge is 2.16. The molecule has 1 amide bonds. The number of thioether (sulfide) groups is 1. The van der Waals surface area contributed by atoms with Gasteiger partial charge in [0.15, 0.2) is 0 Å². The summed E-state index contributed by atoms with van der Waals surface area (Å²) in [6.07, 6.45) is 0. The number of rotatable bonds is 8. The molecule has 0 saturated carbocycles. The summed E-state index contributed by atoms with van der Waals surface area (Å²) in [6.45, 7) is 8.61. The Labute approximate surface area is 178 Å². The molecule has 29 heavy (non-hydrogen) atoms. The number of ether oxygens (including phenoxy) is 1. The quantitative estimate of drug-likeness (QED) is 0.531. The number of hydrogen-bond donors (Lipinski definition) is 2. The molecule has 1 unspecified atom stereocenters. The van der Waals surface area contributed by atoms with Crippen molar-refractivity contribution in [2.24, 2.45) is 0 Å². The Hall–Kier alpha value is -2.32. The second-order valence-corrected chi connectivity index (χ2v) is 9.37. The Balaban J connectivity index is 1.48. The zero-order valence-corrected chi connectivity index (χ0v) is 18.6. The van der Waals surface area contributed by atoms with Crippen molar-refractivity contribution in [1.82, 2.24) is 15.3 Å². The molecular weight excluding hydrogens is 406 g/mol. The SMILES string of the molecule is Cc1ccccc1OCCNC(=O)C(C)SCc1nc2sc(C)c(C)c2c(=O)[nH]1. The van der Waals surface area contributed by atoms with Gasteiger partial charge in [-0.25, -0.2) is 4.98 Å². The minimum absolute atomic E-state index is 0.0605. The lowest BCUT2D eigenvalue weighted by Crippen LogP contribution is -2.34. The molecule has 0 spiro atoms. The van der Waals surface area contributed by atoms with E-state index in [1.165, 1.54) is 23.1 Å². The smallest absolute Gasteiger partial charge is 0.259 e. The maximum absolute atomic E-state index is 12.3. The van der Waals surface area contributed by atoms with Crippen LogP contribution in [0.15, 0.2) is 29.1 Å². The first-order valence-electron chi connectivity index (χ1n) is 9.43. The topological polar surface area (TPSA) is 84.1 Å². The van der Waals surface area contributed by atoms with Crippen LogP contribution < -0.4 is 15.6 Å².